The van der Waals surface area contributed by atoms with E-state index in [4.69, 9.17) is 0 Å². The van der Waals surface area contributed by atoms with Crippen molar-refractivity contribution < 1.29 is 4.79 Å². The monoisotopic (exact) mass is 454 g/mol. The predicted molar refractivity (Wildman–Crippen MR) is 109 cm³/mol. The molecule has 2 heterocycles. The van der Waals surface area contributed by atoms with E-state index in [9.17, 15) is 4.79 Å². The van der Waals surface area contributed by atoms with Crippen molar-refractivity contribution in [1.82, 2.24) is 10.2 Å². The summed E-state index contributed by atoms with van der Waals surface area (Å²) in [6.45, 7) is 5.22. The Balaban J connectivity index is 1.68. The fourth-order valence-electron chi connectivity index (χ4n) is 3.16. The van der Waals surface area contributed by atoms with Gasteiger partial charge in [0.25, 0.3) is 5.91 Å². The first-order chi connectivity index (χ1) is 11.6. The summed E-state index contributed by atoms with van der Waals surface area (Å²) in [4.78, 5) is 16.4. The van der Waals surface area contributed by atoms with Gasteiger partial charge in [0.1, 0.15) is 0 Å². The molecule has 128 valence electrons. The summed E-state index contributed by atoms with van der Waals surface area (Å²) in [7, 11) is 0. The molecule has 0 spiro atoms. The molecule has 0 radical (unpaired) electrons. The van der Waals surface area contributed by atoms with Gasteiger partial charge < -0.3 is 5.32 Å². The highest BCUT2D eigenvalue weighted by Gasteiger charge is 2.26. The van der Waals surface area contributed by atoms with Crippen LogP contribution in [0.5, 0.6) is 0 Å². The number of carbonyl (C=O) groups excluding carboxylic acids is 1. The minimum atomic E-state index is 0.0203. The van der Waals surface area contributed by atoms with Gasteiger partial charge in [-0.1, -0.05) is 25.1 Å². The maximum Gasteiger partial charge on any atom is 0.252 e. The smallest absolute Gasteiger partial charge is 0.252 e. The summed E-state index contributed by atoms with van der Waals surface area (Å²) >= 11 is 4.00. The molecule has 1 aliphatic rings. The van der Waals surface area contributed by atoms with Gasteiger partial charge in [-0.3, -0.25) is 9.69 Å². The number of thiophene rings is 1. The number of hydrogen-bond acceptors (Lipinski definition) is 3. The number of nitrogens with one attached hydrogen (secondary N) is 1. The van der Waals surface area contributed by atoms with Crippen LogP contribution >= 0.6 is 33.9 Å². The highest BCUT2D eigenvalue weighted by atomic mass is 127. The second-order valence-corrected chi connectivity index (χ2v) is 8.58. The Hall–Kier alpha value is -0.920. The first kappa shape index (κ1) is 17.9. The van der Waals surface area contributed by atoms with Crippen LogP contribution in [-0.4, -0.2) is 30.4 Å². The largest absolute Gasteiger partial charge is 0.350 e. The van der Waals surface area contributed by atoms with E-state index in [-0.39, 0.29) is 11.9 Å². The number of rotatable bonds is 5. The van der Waals surface area contributed by atoms with Gasteiger partial charge in [0.2, 0.25) is 0 Å². The van der Waals surface area contributed by atoms with Crippen molar-refractivity contribution in [3.05, 3.63) is 55.8 Å². The van der Waals surface area contributed by atoms with E-state index >= 15 is 0 Å². The number of amides is 1. The highest BCUT2D eigenvalue weighted by molar-refractivity contribution is 14.1. The number of carbonyl (C=O) groups is 1. The van der Waals surface area contributed by atoms with Crippen molar-refractivity contribution in [1.29, 1.82) is 0 Å². The SMILES string of the molecule is CC1CCN(C(CNC(=O)c2ccccc2I)c2cccs2)CC1. The summed E-state index contributed by atoms with van der Waals surface area (Å²) < 4.78 is 0.993. The fourth-order valence-corrected chi connectivity index (χ4v) is 4.65. The number of nitrogens with zero attached hydrogens (tertiary/aromatic N) is 1. The van der Waals surface area contributed by atoms with Gasteiger partial charge >= 0.3 is 0 Å². The first-order valence-electron chi connectivity index (χ1n) is 8.45. The molecule has 0 aliphatic carbocycles. The van der Waals surface area contributed by atoms with Crippen molar-refractivity contribution in [2.75, 3.05) is 19.6 Å². The lowest BCUT2D eigenvalue weighted by molar-refractivity contribution is 0.0914. The molecule has 0 saturated carbocycles. The van der Waals surface area contributed by atoms with Crippen LogP contribution in [0.1, 0.15) is 41.0 Å². The number of hydrogen-bond donors (Lipinski definition) is 1. The average Bonchev–Trinajstić information content (AvgIpc) is 3.11. The van der Waals surface area contributed by atoms with Crippen LogP contribution in [0.25, 0.3) is 0 Å². The van der Waals surface area contributed by atoms with Crippen LogP contribution in [0.2, 0.25) is 0 Å². The van der Waals surface area contributed by atoms with Gasteiger partial charge in [-0.05, 0) is 78.0 Å². The zero-order chi connectivity index (χ0) is 16.9. The zero-order valence-electron chi connectivity index (χ0n) is 13.9. The van der Waals surface area contributed by atoms with Crippen LogP contribution in [0, 0.1) is 9.49 Å². The van der Waals surface area contributed by atoms with Crippen molar-refractivity contribution in [2.24, 2.45) is 5.92 Å². The highest BCUT2D eigenvalue weighted by Crippen LogP contribution is 2.29. The topological polar surface area (TPSA) is 32.3 Å². The van der Waals surface area contributed by atoms with Crippen molar-refractivity contribution in [2.45, 2.75) is 25.8 Å². The maximum atomic E-state index is 12.5. The summed E-state index contributed by atoms with van der Waals surface area (Å²) in [5.74, 6) is 0.831. The number of likely N-dealkylation sites (tertiary alicyclic amines) is 1. The summed E-state index contributed by atoms with van der Waals surface area (Å²) in [6.07, 6.45) is 2.48. The number of benzene rings is 1. The Labute approximate surface area is 161 Å². The molecule has 24 heavy (non-hydrogen) atoms. The van der Waals surface area contributed by atoms with Crippen LogP contribution in [0.4, 0.5) is 0 Å². The Morgan fingerprint density at radius 3 is 2.71 bits per heavy atom. The van der Waals surface area contributed by atoms with Gasteiger partial charge in [-0.25, -0.2) is 0 Å². The normalized spacial score (nSPS) is 17.6. The molecule has 1 amide bonds. The molecule has 5 heteroatoms. The predicted octanol–water partition coefficient (Wildman–Crippen LogP) is 4.56. The first-order valence-corrected chi connectivity index (χ1v) is 10.4. The lowest BCUT2D eigenvalue weighted by Crippen LogP contribution is -2.41. The fraction of sp³-hybridized carbons (Fsp3) is 0.421. The van der Waals surface area contributed by atoms with Gasteiger partial charge in [-0.15, -0.1) is 11.3 Å². The minimum absolute atomic E-state index is 0.0203. The molecular weight excluding hydrogens is 431 g/mol. The third kappa shape index (κ3) is 4.37. The zero-order valence-corrected chi connectivity index (χ0v) is 16.8. The third-order valence-corrected chi connectivity index (χ3v) is 6.62. The molecule has 1 aromatic heterocycles. The van der Waals surface area contributed by atoms with E-state index in [2.05, 4.69) is 57.2 Å². The van der Waals surface area contributed by atoms with Gasteiger partial charge in [0.15, 0.2) is 0 Å². The van der Waals surface area contributed by atoms with E-state index in [1.54, 1.807) is 11.3 Å². The van der Waals surface area contributed by atoms with Crippen molar-refractivity contribution in [3.63, 3.8) is 0 Å². The summed E-state index contributed by atoms with van der Waals surface area (Å²) in [6, 6.07) is 12.3. The van der Waals surface area contributed by atoms with Crippen LogP contribution < -0.4 is 5.32 Å². The average molecular weight is 454 g/mol. The Bertz CT molecular complexity index is 666. The van der Waals surface area contributed by atoms with E-state index < -0.39 is 0 Å². The van der Waals surface area contributed by atoms with Gasteiger partial charge in [-0.2, -0.15) is 0 Å². The maximum absolute atomic E-state index is 12.5. The summed E-state index contributed by atoms with van der Waals surface area (Å²) in [5.41, 5.74) is 0.760. The van der Waals surface area contributed by atoms with E-state index in [0.29, 0.717) is 6.54 Å². The molecule has 0 bridgehead atoms. The Kier molecular flexibility index (Phi) is 6.30. The van der Waals surface area contributed by atoms with Crippen LogP contribution in [0.15, 0.2) is 41.8 Å². The van der Waals surface area contributed by atoms with E-state index in [1.165, 1.54) is 17.7 Å². The Morgan fingerprint density at radius 2 is 2.04 bits per heavy atom. The number of halogens is 1. The Morgan fingerprint density at radius 1 is 1.29 bits per heavy atom. The standard InChI is InChI=1S/C19H23IN2OS/c1-14-8-10-22(11-9-14)17(18-7-4-12-24-18)13-21-19(23)15-5-2-3-6-16(15)20/h2-7,12,14,17H,8-11,13H2,1H3,(H,21,23). The second kappa shape index (κ2) is 8.45. The van der Waals surface area contributed by atoms with Crippen molar-refractivity contribution in [3.8, 4) is 0 Å². The van der Waals surface area contributed by atoms with Crippen LogP contribution in [-0.2, 0) is 0 Å². The second-order valence-electron chi connectivity index (χ2n) is 6.44. The van der Waals surface area contributed by atoms with E-state index in [1.807, 2.05) is 24.3 Å². The lowest BCUT2D eigenvalue weighted by Gasteiger charge is -2.36. The third-order valence-electron chi connectivity index (χ3n) is 4.71. The molecule has 1 aliphatic heterocycles. The van der Waals surface area contributed by atoms with Gasteiger partial charge in [0.05, 0.1) is 11.6 Å². The minimum Gasteiger partial charge on any atom is -0.350 e. The summed E-state index contributed by atoms with van der Waals surface area (Å²) in [5, 5.41) is 5.28. The molecule has 1 unspecified atom stereocenters. The quantitative estimate of drug-likeness (QED) is 0.673. The molecule has 2 aromatic rings. The molecule has 1 aromatic carbocycles. The molecule has 3 nitrogen and oxygen atoms in total. The van der Waals surface area contributed by atoms with Crippen molar-refractivity contribution >= 4 is 39.8 Å². The molecule has 3 rings (SSSR count). The van der Waals surface area contributed by atoms with Gasteiger partial charge in [0, 0.05) is 15.0 Å². The lowest BCUT2D eigenvalue weighted by atomic mass is 9.97. The number of piperidine rings is 1. The molecular formula is C19H23IN2OS. The molecule has 1 fully saturated rings. The van der Waals surface area contributed by atoms with Crippen LogP contribution in [0.3, 0.4) is 0 Å². The molecule has 1 N–H and O–H groups in total. The van der Waals surface area contributed by atoms with E-state index in [0.717, 1.165) is 28.1 Å². The molecule has 1 atom stereocenters. The molecule has 1 saturated heterocycles.